The number of rotatable bonds is 3. The largest absolute Gasteiger partial charge is 0.471 e. The summed E-state index contributed by atoms with van der Waals surface area (Å²) in [5, 5.41) is -0.673. The van der Waals surface area contributed by atoms with Gasteiger partial charge >= 0.3 is 18.5 Å². The zero-order valence-corrected chi connectivity index (χ0v) is 22.0. The molecule has 3 aliphatic heterocycles. The predicted molar refractivity (Wildman–Crippen MR) is 141 cm³/mol. The van der Waals surface area contributed by atoms with E-state index in [1.165, 1.54) is 11.0 Å². The molecule has 0 amide bonds. The molecule has 1 aromatic carbocycles. The molecule has 2 bridgehead atoms. The smallest absolute Gasteiger partial charge is 0.403 e. The quantitative estimate of drug-likeness (QED) is 0.467. The minimum absolute atomic E-state index is 0.221. The van der Waals surface area contributed by atoms with Crippen LogP contribution >= 0.6 is 0 Å². The fraction of sp³-hybridized carbons (Fsp3) is 0.571. The summed E-state index contributed by atoms with van der Waals surface area (Å²) in [5.74, 6) is 0.221. The van der Waals surface area contributed by atoms with Crippen molar-refractivity contribution in [1.82, 2.24) is 13.9 Å². The molecule has 2 aromatic rings. The van der Waals surface area contributed by atoms with Gasteiger partial charge in [0.1, 0.15) is 5.54 Å². The third kappa shape index (κ3) is 2.77. The minimum Gasteiger partial charge on any atom is -0.403 e. The molecule has 2 fully saturated rings. The van der Waals surface area contributed by atoms with Crippen LogP contribution in [0.3, 0.4) is 0 Å². The minimum atomic E-state index is -0.883. The normalized spacial score (nSPS) is 32.8. The van der Waals surface area contributed by atoms with Crippen molar-refractivity contribution in [3.63, 3.8) is 0 Å². The zero-order valence-electron chi connectivity index (χ0n) is 22.0. The summed E-state index contributed by atoms with van der Waals surface area (Å²) in [6.07, 6.45) is 9.63. The van der Waals surface area contributed by atoms with Gasteiger partial charge in [0.15, 0.2) is 0 Å². The summed E-state index contributed by atoms with van der Waals surface area (Å²) >= 11 is 0. The standard InChI is InChI=1S/C28H36BN3O4/c1-19-27(6)18-17-22(31-23(33)30(24(34)32(27)31)21-15-11-8-12-16-21)28(19,20-13-9-7-10-14-20)29-35-25(2,3)26(4,5)36-29/h8,11-12,15-18,20,22H,1,7,9-10,13-14H2,2-6H3. The second kappa shape index (κ2) is 7.48. The van der Waals surface area contributed by atoms with Crippen LogP contribution < -0.4 is 11.4 Å². The second-order valence-electron chi connectivity index (χ2n) is 12.2. The van der Waals surface area contributed by atoms with Crippen LogP contribution in [0.2, 0.25) is 5.31 Å². The highest BCUT2D eigenvalue weighted by molar-refractivity contribution is 6.51. The molecule has 7 nitrogen and oxygen atoms in total. The summed E-state index contributed by atoms with van der Waals surface area (Å²) in [6.45, 7) is 15.0. The number of allylic oxidation sites excluding steroid dienone is 3. The Kier molecular flexibility index (Phi) is 4.95. The Bertz CT molecular complexity index is 1360. The van der Waals surface area contributed by atoms with E-state index in [0.29, 0.717) is 5.69 Å². The van der Waals surface area contributed by atoms with Gasteiger partial charge in [0.05, 0.1) is 28.2 Å². The zero-order chi connectivity index (χ0) is 25.7. The van der Waals surface area contributed by atoms with Crippen molar-refractivity contribution >= 4 is 7.12 Å². The maximum atomic E-state index is 14.1. The Balaban J connectivity index is 1.63. The maximum Gasteiger partial charge on any atom is 0.471 e. The molecule has 3 unspecified atom stereocenters. The van der Waals surface area contributed by atoms with E-state index in [1.54, 1.807) is 21.5 Å². The van der Waals surface area contributed by atoms with Gasteiger partial charge in [-0.15, -0.1) is 0 Å². The first kappa shape index (κ1) is 23.8. The fourth-order valence-corrected chi connectivity index (χ4v) is 7.14. The lowest BCUT2D eigenvalue weighted by Gasteiger charge is -2.59. The van der Waals surface area contributed by atoms with Crippen molar-refractivity contribution in [3.8, 4) is 5.69 Å². The molecule has 1 saturated carbocycles. The van der Waals surface area contributed by atoms with Crippen LogP contribution in [0.15, 0.2) is 64.2 Å². The number of hydrogen-bond acceptors (Lipinski definition) is 4. The van der Waals surface area contributed by atoms with Gasteiger partial charge < -0.3 is 9.31 Å². The van der Waals surface area contributed by atoms with Crippen LogP contribution in [0.25, 0.3) is 5.69 Å². The van der Waals surface area contributed by atoms with E-state index < -0.39 is 35.2 Å². The number of fused-ring (bicyclic) bond motifs is 1. The van der Waals surface area contributed by atoms with E-state index in [1.807, 2.05) is 31.2 Å². The van der Waals surface area contributed by atoms with Crippen molar-refractivity contribution in [2.24, 2.45) is 5.92 Å². The van der Waals surface area contributed by atoms with Gasteiger partial charge in [-0.25, -0.2) is 23.5 Å². The van der Waals surface area contributed by atoms with Crippen LogP contribution in [0.5, 0.6) is 0 Å². The van der Waals surface area contributed by atoms with E-state index in [2.05, 4.69) is 33.8 Å². The van der Waals surface area contributed by atoms with Gasteiger partial charge in [0.25, 0.3) is 0 Å². The molecular formula is C28H36BN3O4. The van der Waals surface area contributed by atoms with Crippen molar-refractivity contribution in [2.75, 3.05) is 0 Å². The number of para-hydroxylation sites is 1. The molecular weight excluding hydrogens is 453 g/mol. The molecule has 0 spiro atoms. The lowest BCUT2D eigenvalue weighted by atomic mass is 9.39. The SMILES string of the molecule is C=C1C(B2OC(C)(C)C(C)(C)O2)(C2CCCCC2)C2C=CC1(C)n1c(=O)n(-c3ccccc3)c(=O)n12. The van der Waals surface area contributed by atoms with Crippen LogP contribution in [0.1, 0.15) is 72.8 Å². The van der Waals surface area contributed by atoms with Gasteiger partial charge in [-0.3, -0.25) is 0 Å². The van der Waals surface area contributed by atoms with E-state index in [9.17, 15) is 9.59 Å². The molecule has 190 valence electrons. The van der Waals surface area contributed by atoms with Gasteiger partial charge in [-0.1, -0.05) is 56.2 Å². The van der Waals surface area contributed by atoms with Crippen molar-refractivity contribution in [2.45, 2.75) is 94.8 Å². The first-order chi connectivity index (χ1) is 17.0. The molecule has 1 saturated heterocycles. The molecule has 36 heavy (non-hydrogen) atoms. The maximum absolute atomic E-state index is 14.1. The molecule has 1 aromatic heterocycles. The monoisotopic (exact) mass is 489 g/mol. The summed E-state index contributed by atoms with van der Waals surface area (Å²) in [5.41, 5.74) is -1.16. The van der Waals surface area contributed by atoms with E-state index in [0.717, 1.165) is 31.3 Å². The van der Waals surface area contributed by atoms with Crippen LogP contribution in [0, 0.1) is 5.92 Å². The van der Waals surface area contributed by atoms with Gasteiger partial charge in [0.2, 0.25) is 0 Å². The molecule has 5 aliphatic rings. The van der Waals surface area contributed by atoms with Crippen molar-refractivity contribution in [3.05, 3.63) is 75.6 Å². The van der Waals surface area contributed by atoms with E-state index in [4.69, 9.17) is 15.9 Å². The molecule has 7 rings (SSSR count). The summed E-state index contributed by atoms with van der Waals surface area (Å²) < 4.78 is 18.1. The Morgan fingerprint density at radius 1 is 0.917 bits per heavy atom. The third-order valence-corrected chi connectivity index (χ3v) is 9.84. The molecule has 4 heterocycles. The molecule has 3 atom stereocenters. The lowest BCUT2D eigenvalue weighted by molar-refractivity contribution is 0.00578. The number of benzene rings is 1. The summed E-state index contributed by atoms with van der Waals surface area (Å²) in [7, 11) is -0.580. The predicted octanol–water partition coefficient (Wildman–Crippen LogP) is 4.61. The fourth-order valence-electron chi connectivity index (χ4n) is 7.14. The van der Waals surface area contributed by atoms with Crippen LogP contribution in [0.4, 0.5) is 0 Å². The Morgan fingerprint density at radius 2 is 1.53 bits per heavy atom. The Hall–Kier alpha value is -2.58. The lowest BCUT2D eigenvalue weighted by Crippen LogP contribution is -2.62. The highest BCUT2D eigenvalue weighted by atomic mass is 16.7. The molecule has 0 radical (unpaired) electrons. The average molecular weight is 489 g/mol. The van der Waals surface area contributed by atoms with Gasteiger partial charge in [-0.05, 0) is 71.1 Å². The van der Waals surface area contributed by atoms with Gasteiger partial charge in [0, 0.05) is 0 Å². The van der Waals surface area contributed by atoms with Crippen LogP contribution in [-0.2, 0) is 14.8 Å². The Morgan fingerprint density at radius 3 is 2.14 bits per heavy atom. The third-order valence-electron chi connectivity index (χ3n) is 9.84. The summed E-state index contributed by atoms with van der Waals surface area (Å²) in [6, 6.07) is 8.71. The topological polar surface area (TPSA) is 67.4 Å². The van der Waals surface area contributed by atoms with Crippen LogP contribution in [-0.4, -0.2) is 32.3 Å². The van der Waals surface area contributed by atoms with E-state index >= 15 is 0 Å². The number of nitrogens with zero attached hydrogens (tertiary/aromatic N) is 3. The molecule has 0 N–H and O–H groups in total. The Labute approximate surface area is 212 Å². The summed E-state index contributed by atoms with van der Waals surface area (Å²) in [4.78, 5) is 27.9. The van der Waals surface area contributed by atoms with E-state index in [-0.39, 0.29) is 17.3 Å². The first-order valence-electron chi connectivity index (χ1n) is 13.2. The van der Waals surface area contributed by atoms with Crippen molar-refractivity contribution < 1.29 is 9.31 Å². The average Bonchev–Trinajstić information content (AvgIpc) is 3.24. The van der Waals surface area contributed by atoms with Gasteiger partial charge in [-0.2, -0.15) is 0 Å². The highest BCUT2D eigenvalue weighted by Crippen LogP contribution is 2.68. The molecule has 2 aliphatic carbocycles. The number of aromatic nitrogens is 3. The highest BCUT2D eigenvalue weighted by Gasteiger charge is 2.71. The first-order valence-corrected chi connectivity index (χ1v) is 13.2. The second-order valence-corrected chi connectivity index (χ2v) is 12.2. The van der Waals surface area contributed by atoms with Crippen molar-refractivity contribution in [1.29, 1.82) is 0 Å². The molecule has 8 heteroatoms. The number of hydrogen-bond donors (Lipinski definition) is 0.